The molecule has 0 saturated heterocycles. The molecule has 0 amide bonds. The van der Waals surface area contributed by atoms with Crippen LogP contribution < -0.4 is 0 Å². The summed E-state index contributed by atoms with van der Waals surface area (Å²) in [6.07, 6.45) is 0.685. The zero-order chi connectivity index (χ0) is 17.8. The summed E-state index contributed by atoms with van der Waals surface area (Å²) in [6.45, 7) is 1.35. The summed E-state index contributed by atoms with van der Waals surface area (Å²) in [4.78, 5) is 12.6. The molecule has 4 aromatic rings. The Balaban J connectivity index is 1.34. The Morgan fingerprint density at radius 1 is 1.00 bits per heavy atom. The monoisotopic (exact) mass is 382 g/mol. The van der Waals surface area contributed by atoms with E-state index in [1.54, 1.807) is 22.7 Å². The number of aromatic nitrogens is 3. The lowest BCUT2D eigenvalue weighted by atomic mass is 10.1. The fraction of sp³-hybridized carbons (Fsp3) is 0.211. The highest BCUT2D eigenvalue weighted by molar-refractivity contribution is 7.20. The lowest BCUT2D eigenvalue weighted by Crippen LogP contribution is -2.17. The molecule has 0 aliphatic rings. The van der Waals surface area contributed by atoms with E-state index in [1.165, 1.54) is 10.4 Å². The summed E-state index contributed by atoms with van der Waals surface area (Å²) < 4.78 is 5.39. The Morgan fingerprint density at radius 2 is 1.88 bits per heavy atom. The van der Waals surface area contributed by atoms with Gasteiger partial charge in [-0.1, -0.05) is 41.6 Å². The van der Waals surface area contributed by atoms with Crippen LogP contribution in [0.15, 0.2) is 57.7 Å². The Labute approximate surface area is 160 Å². The summed E-state index contributed by atoms with van der Waals surface area (Å²) in [6, 6.07) is 14.3. The van der Waals surface area contributed by atoms with Crippen molar-refractivity contribution in [2.75, 3.05) is 7.05 Å². The number of benzene rings is 1. The first-order valence-corrected chi connectivity index (χ1v) is 10.0. The maximum absolute atomic E-state index is 5.39. The van der Waals surface area contributed by atoms with E-state index in [0.717, 1.165) is 17.2 Å². The van der Waals surface area contributed by atoms with E-state index in [9.17, 15) is 0 Å². The summed E-state index contributed by atoms with van der Waals surface area (Å²) in [7, 11) is 2.03. The van der Waals surface area contributed by atoms with Crippen molar-refractivity contribution in [1.29, 1.82) is 0 Å². The second-order valence-electron chi connectivity index (χ2n) is 6.06. The van der Waals surface area contributed by atoms with Crippen LogP contribution in [0.5, 0.6) is 0 Å². The van der Waals surface area contributed by atoms with Crippen molar-refractivity contribution in [3.8, 4) is 9.88 Å². The summed E-state index contributed by atoms with van der Waals surface area (Å²) in [5.41, 5.74) is 2.24. The molecule has 0 N–H and O–H groups in total. The van der Waals surface area contributed by atoms with Crippen molar-refractivity contribution in [2.24, 2.45) is 0 Å². The van der Waals surface area contributed by atoms with E-state index in [4.69, 9.17) is 9.51 Å². The van der Waals surface area contributed by atoms with Gasteiger partial charge in [0.25, 0.3) is 0 Å². The van der Waals surface area contributed by atoms with Gasteiger partial charge in [0.15, 0.2) is 5.82 Å². The van der Waals surface area contributed by atoms with Crippen LogP contribution in [0.3, 0.4) is 0 Å². The van der Waals surface area contributed by atoms with E-state index >= 15 is 0 Å². The van der Waals surface area contributed by atoms with Gasteiger partial charge >= 0.3 is 0 Å². The van der Waals surface area contributed by atoms with Crippen molar-refractivity contribution in [2.45, 2.75) is 19.5 Å². The van der Waals surface area contributed by atoms with Gasteiger partial charge in [-0.05, 0) is 24.1 Å². The van der Waals surface area contributed by atoms with Crippen molar-refractivity contribution in [3.63, 3.8) is 0 Å². The van der Waals surface area contributed by atoms with E-state index < -0.39 is 0 Å². The van der Waals surface area contributed by atoms with Crippen LogP contribution in [0, 0.1) is 0 Å². The van der Waals surface area contributed by atoms with Crippen molar-refractivity contribution in [3.05, 3.63) is 76.2 Å². The number of hydrogen-bond acceptors (Lipinski definition) is 7. The fourth-order valence-corrected chi connectivity index (χ4v) is 4.29. The van der Waals surface area contributed by atoms with Crippen molar-refractivity contribution in [1.82, 2.24) is 20.0 Å². The Kier molecular flexibility index (Phi) is 5.19. The van der Waals surface area contributed by atoms with Crippen LogP contribution in [0.2, 0.25) is 0 Å². The van der Waals surface area contributed by atoms with E-state index in [0.29, 0.717) is 24.7 Å². The quantitative estimate of drug-likeness (QED) is 0.472. The molecule has 0 saturated carbocycles. The highest BCUT2D eigenvalue weighted by Crippen LogP contribution is 2.28. The van der Waals surface area contributed by atoms with Crippen molar-refractivity contribution < 1.29 is 4.52 Å². The second kappa shape index (κ2) is 7.90. The van der Waals surface area contributed by atoms with E-state index in [2.05, 4.69) is 50.1 Å². The average molecular weight is 383 g/mol. The number of thiophene rings is 1. The van der Waals surface area contributed by atoms with Crippen LogP contribution in [0.25, 0.3) is 9.88 Å². The third-order valence-electron chi connectivity index (χ3n) is 3.84. The third-order valence-corrected chi connectivity index (χ3v) is 5.77. The molecule has 0 radical (unpaired) electrons. The number of nitrogens with zero attached hydrogens (tertiary/aromatic N) is 4. The van der Waals surface area contributed by atoms with Gasteiger partial charge in [-0.25, -0.2) is 4.98 Å². The largest absolute Gasteiger partial charge is 0.338 e. The van der Waals surface area contributed by atoms with Gasteiger partial charge in [0.1, 0.15) is 5.01 Å². The topological polar surface area (TPSA) is 55.1 Å². The average Bonchev–Trinajstić information content (AvgIpc) is 3.37. The highest BCUT2D eigenvalue weighted by Gasteiger charge is 2.12. The van der Waals surface area contributed by atoms with Crippen LogP contribution in [0.1, 0.15) is 23.0 Å². The molecule has 0 spiro atoms. The number of rotatable bonds is 7. The van der Waals surface area contributed by atoms with E-state index in [-0.39, 0.29) is 0 Å². The van der Waals surface area contributed by atoms with Gasteiger partial charge in [-0.15, -0.1) is 22.7 Å². The minimum atomic E-state index is 0.605. The minimum absolute atomic E-state index is 0.605. The van der Waals surface area contributed by atoms with Gasteiger partial charge < -0.3 is 4.52 Å². The molecule has 4 rings (SSSR count). The maximum atomic E-state index is 5.39. The standard InChI is InChI=1S/C19H18N4OS2/c1-23(11-15-13-26-19(20-15)16-8-5-9-25-16)12-18-21-17(22-24-18)10-14-6-3-2-4-7-14/h2-9,13H,10-12H2,1H3. The molecular formula is C19H18N4OS2. The molecule has 3 heterocycles. The first-order chi connectivity index (χ1) is 12.8. The van der Waals surface area contributed by atoms with Crippen molar-refractivity contribution >= 4 is 22.7 Å². The smallest absolute Gasteiger partial charge is 0.240 e. The summed E-state index contributed by atoms with van der Waals surface area (Å²) >= 11 is 3.40. The van der Waals surface area contributed by atoms with Gasteiger partial charge in [-0.3, -0.25) is 4.90 Å². The Hall–Kier alpha value is -2.35. The highest BCUT2D eigenvalue weighted by atomic mass is 32.1. The molecule has 0 aliphatic carbocycles. The Bertz CT molecular complexity index is 947. The summed E-state index contributed by atoms with van der Waals surface area (Å²) in [5, 5.41) is 9.35. The van der Waals surface area contributed by atoms with Gasteiger partial charge in [-0.2, -0.15) is 4.98 Å². The first-order valence-electron chi connectivity index (χ1n) is 8.28. The molecular weight excluding hydrogens is 364 g/mol. The minimum Gasteiger partial charge on any atom is -0.338 e. The fourth-order valence-electron chi connectivity index (χ4n) is 2.66. The van der Waals surface area contributed by atoms with Crippen LogP contribution >= 0.6 is 22.7 Å². The molecule has 132 valence electrons. The predicted octanol–water partition coefficient (Wildman–Crippen LogP) is 4.48. The SMILES string of the molecule is CN(Cc1csc(-c2cccs2)n1)Cc1nc(Cc2ccccc2)no1. The van der Waals surface area contributed by atoms with Gasteiger partial charge in [0.05, 0.1) is 17.1 Å². The normalized spacial score (nSPS) is 11.3. The Morgan fingerprint density at radius 3 is 2.69 bits per heavy atom. The lowest BCUT2D eigenvalue weighted by molar-refractivity contribution is 0.258. The van der Waals surface area contributed by atoms with Gasteiger partial charge in [0.2, 0.25) is 5.89 Å². The number of hydrogen-bond donors (Lipinski definition) is 0. The first kappa shape index (κ1) is 17.1. The van der Waals surface area contributed by atoms with E-state index in [1.807, 2.05) is 25.2 Å². The van der Waals surface area contributed by atoms with Crippen LogP contribution in [0.4, 0.5) is 0 Å². The lowest BCUT2D eigenvalue weighted by Gasteiger charge is -2.11. The molecule has 1 aromatic carbocycles. The molecule has 7 heteroatoms. The van der Waals surface area contributed by atoms with Gasteiger partial charge in [0, 0.05) is 18.3 Å². The summed E-state index contributed by atoms with van der Waals surface area (Å²) in [5.74, 6) is 1.35. The molecule has 26 heavy (non-hydrogen) atoms. The molecule has 0 bridgehead atoms. The molecule has 0 atom stereocenters. The zero-order valence-corrected chi connectivity index (χ0v) is 16.0. The third kappa shape index (κ3) is 4.24. The second-order valence-corrected chi connectivity index (χ2v) is 7.87. The molecule has 5 nitrogen and oxygen atoms in total. The molecule has 0 fully saturated rings. The zero-order valence-electron chi connectivity index (χ0n) is 14.3. The molecule has 0 unspecified atom stereocenters. The maximum Gasteiger partial charge on any atom is 0.240 e. The van der Waals surface area contributed by atoms with Crippen LogP contribution in [-0.4, -0.2) is 27.1 Å². The van der Waals surface area contributed by atoms with Crippen LogP contribution in [-0.2, 0) is 19.5 Å². The molecule has 0 aliphatic heterocycles. The number of thiazole rings is 1. The predicted molar refractivity (Wildman–Crippen MR) is 104 cm³/mol. The molecule has 3 aromatic heterocycles.